The summed E-state index contributed by atoms with van der Waals surface area (Å²) in [6.07, 6.45) is 5.43. The Kier molecular flexibility index (Phi) is 8.58. The standard InChI is InChI=1S/C26H34N2O5/c1-18-11-19(2)13-22(12-18)32-17-26(30)28(21-7-5-4-6-8-21)15-20-9-10-23(24(14-20)31-3)33-16-25(27)29/h9-14,21H,4-8,15-17H2,1-3H3,(H2,27,29). The minimum Gasteiger partial charge on any atom is -0.493 e. The molecule has 1 aliphatic rings. The third kappa shape index (κ3) is 7.14. The lowest BCUT2D eigenvalue weighted by Crippen LogP contribution is -2.43. The molecule has 2 aromatic carbocycles. The Hall–Kier alpha value is -3.22. The lowest BCUT2D eigenvalue weighted by Gasteiger charge is -2.34. The van der Waals surface area contributed by atoms with E-state index in [0.717, 1.165) is 42.4 Å². The fourth-order valence-corrected chi connectivity index (χ4v) is 4.33. The Morgan fingerprint density at radius 2 is 1.64 bits per heavy atom. The molecule has 2 aromatic rings. The first-order chi connectivity index (χ1) is 15.9. The van der Waals surface area contributed by atoms with Gasteiger partial charge in [0.1, 0.15) is 5.75 Å². The molecule has 0 radical (unpaired) electrons. The van der Waals surface area contributed by atoms with E-state index in [1.807, 2.05) is 43.0 Å². The van der Waals surface area contributed by atoms with E-state index in [1.54, 1.807) is 6.07 Å². The lowest BCUT2D eigenvalue weighted by atomic mass is 9.93. The number of rotatable bonds is 10. The van der Waals surface area contributed by atoms with Crippen LogP contribution < -0.4 is 19.9 Å². The summed E-state index contributed by atoms with van der Waals surface area (Å²) in [5, 5.41) is 0. The van der Waals surface area contributed by atoms with Crippen molar-refractivity contribution in [3.63, 3.8) is 0 Å². The van der Waals surface area contributed by atoms with Crippen LogP contribution in [0.25, 0.3) is 0 Å². The minimum atomic E-state index is -0.556. The molecule has 0 aromatic heterocycles. The molecule has 1 saturated carbocycles. The monoisotopic (exact) mass is 454 g/mol. The molecule has 7 nitrogen and oxygen atoms in total. The Morgan fingerprint density at radius 1 is 0.939 bits per heavy atom. The molecule has 0 aliphatic heterocycles. The third-order valence-electron chi connectivity index (χ3n) is 5.84. The van der Waals surface area contributed by atoms with Gasteiger partial charge in [-0.2, -0.15) is 0 Å². The molecule has 7 heteroatoms. The van der Waals surface area contributed by atoms with E-state index < -0.39 is 5.91 Å². The maximum atomic E-state index is 13.3. The zero-order valence-corrected chi connectivity index (χ0v) is 19.8. The van der Waals surface area contributed by atoms with Crippen LogP contribution in [0.15, 0.2) is 36.4 Å². The second kappa shape index (κ2) is 11.6. The smallest absolute Gasteiger partial charge is 0.261 e. The highest BCUT2D eigenvalue weighted by Crippen LogP contribution is 2.30. The number of carbonyl (C=O) groups excluding carboxylic acids is 2. The van der Waals surface area contributed by atoms with E-state index in [-0.39, 0.29) is 25.2 Å². The number of hydrogen-bond acceptors (Lipinski definition) is 5. The number of primary amides is 1. The summed E-state index contributed by atoms with van der Waals surface area (Å²) in [4.78, 5) is 26.2. The average Bonchev–Trinajstić information content (AvgIpc) is 2.79. The predicted molar refractivity (Wildman–Crippen MR) is 127 cm³/mol. The molecular weight excluding hydrogens is 420 g/mol. The van der Waals surface area contributed by atoms with Crippen LogP contribution in [-0.4, -0.2) is 43.1 Å². The first-order valence-electron chi connectivity index (χ1n) is 11.4. The minimum absolute atomic E-state index is 0.00364. The van der Waals surface area contributed by atoms with Gasteiger partial charge in [-0.1, -0.05) is 31.4 Å². The van der Waals surface area contributed by atoms with Gasteiger partial charge in [0.2, 0.25) is 0 Å². The number of nitrogens with zero attached hydrogens (tertiary/aromatic N) is 1. The molecule has 0 heterocycles. The number of carbonyl (C=O) groups is 2. The van der Waals surface area contributed by atoms with E-state index in [0.29, 0.717) is 23.8 Å². The van der Waals surface area contributed by atoms with Crippen molar-refractivity contribution < 1.29 is 23.8 Å². The molecule has 0 unspecified atom stereocenters. The maximum absolute atomic E-state index is 13.3. The highest BCUT2D eigenvalue weighted by Gasteiger charge is 2.26. The van der Waals surface area contributed by atoms with Crippen LogP contribution in [0.3, 0.4) is 0 Å². The quantitative estimate of drug-likeness (QED) is 0.588. The molecule has 178 valence electrons. The van der Waals surface area contributed by atoms with Crippen molar-refractivity contribution in [1.29, 1.82) is 0 Å². The van der Waals surface area contributed by atoms with Crippen molar-refractivity contribution in [2.45, 2.75) is 58.5 Å². The van der Waals surface area contributed by atoms with Gasteiger partial charge in [-0.25, -0.2) is 0 Å². The van der Waals surface area contributed by atoms with E-state index in [4.69, 9.17) is 19.9 Å². The second-order valence-corrected chi connectivity index (χ2v) is 8.67. The SMILES string of the molecule is COc1cc(CN(C(=O)COc2cc(C)cc(C)c2)C2CCCCC2)ccc1OCC(N)=O. The first-order valence-corrected chi connectivity index (χ1v) is 11.4. The summed E-state index contributed by atoms with van der Waals surface area (Å²) < 4.78 is 16.7. The number of hydrogen-bond donors (Lipinski definition) is 1. The Labute approximate surface area is 195 Å². The van der Waals surface area contributed by atoms with E-state index in [1.165, 1.54) is 13.5 Å². The van der Waals surface area contributed by atoms with Gasteiger partial charge in [0.25, 0.3) is 11.8 Å². The van der Waals surface area contributed by atoms with Crippen LogP contribution in [0.1, 0.15) is 48.8 Å². The molecule has 1 aliphatic carbocycles. The van der Waals surface area contributed by atoms with Crippen LogP contribution in [0.2, 0.25) is 0 Å². The topological polar surface area (TPSA) is 91.1 Å². The van der Waals surface area contributed by atoms with Gasteiger partial charge in [0, 0.05) is 12.6 Å². The summed E-state index contributed by atoms with van der Waals surface area (Å²) in [5.74, 6) is 1.06. The number of amides is 2. The first kappa shape index (κ1) is 24.4. The molecule has 0 spiro atoms. The summed E-state index contributed by atoms with van der Waals surface area (Å²) in [6, 6.07) is 11.6. The molecule has 0 atom stereocenters. The number of aryl methyl sites for hydroxylation is 2. The van der Waals surface area contributed by atoms with Crippen LogP contribution in [0.4, 0.5) is 0 Å². The summed E-state index contributed by atoms with van der Waals surface area (Å²) >= 11 is 0. The molecule has 2 N–H and O–H groups in total. The highest BCUT2D eigenvalue weighted by atomic mass is 16.5. The van der Waals surface area contributed by atoms with Crippen molar-refractivity contribution in [2.24, 2.45) is 5.73 Å². The predicted octanol–water partition coefficient (Wildman–Crippen LogP) is 3.92. The zero-order valence-electron chi connectivity index (χ0n) is 19.8. The third-order valence-corrected chi connectivity index (χ3v) is 5.84. The summed E-state index contributed by atoms with van der Waals surface area (Å²) in [6.45, 7) is 4.25. The molecule has 2 amide bonds. The fourth-order valence-electron chi connectivity index (χ4n) is 4.33. The van der Waals surface area contributed by atoms with Gasteiger partial charge in [-0.3, -0.25) is 9.59 Å². The van der Waals surface area contributed by atoms with Crippen LogP contribution in [-0.2, 0) is 16.1 Å². The molecule has 33 heavy (non-hydrogen) atoms. The molecular formula is C26H34N2O5. The summed E-state index contributed by atoms with van der Waals surface area (Å²) in [7, 11) is 1.54. The second-order valence-electron chi connectivity index (χ2n) is 8.67. The Balaban J connectivity index is 1.74. The van der Waals surface area contributed by atoms with E-state index in [2.05, 4.69) is 6.07 Å². The van der Waals surface area contributed by atoms with Gasteiger partial charge in [0.15, 0.2) is 24.7 Å². The van der Waals surface area contributed by atoms with Crippen molar-refractivity contribution in [3.8, 4) is 17.2 Å². The van der Waals surface area contributed by atoms with Crippen molar-refractivity contribution in [1.82, 2.24) is 4.90 Å². The lowest BCUT2D eigenvalue weighted by molar-refractivity contribution is -0.137. The van der Waals surface area contributed by atoms with Crippen molar-refractivity contribution >= 4 is 11.8 Å². The van der Waals surface area contributed by atoms with E-state index >= 15 is 0 Å². The van der Waals surface area contributed by atoms with Gasteiger partial charge >= 0.3 is 0 Å². The summed E-state index contributed by atoms with van der Waals surface area (Å²) in [5.41, 5.74) is 8.30. The van der Waals surface area contributed by atoms with Crippen LogP contribution >= 0.6 is 0 Å². The zero-order chi connectivity index (χ0) is 23.8. The molecule has 0 bridgehead atoms. The average molecular weight is 455 g/mol. The number of methoxy groups -OCH3 is 1. The number of nitrogens with two attached hydrogens (primary N) is 1. The van der Waals surface area contributed by atoms with Gasteiger partial charge in [0.05, 0.1) is 7.11 Å². The number of ether oxygens (including phenoxy) is 3. The highest BCUT2D eigenvalue weighted by molar-refractivity contribution is 5.78. The van der Waals surface area contributed by atoms with Crippen LogP contribution in [0.5, 0.6) is 17.2 Å². The normalized spacial score (nSPS) is 13.9. The maximum Gasteiger partial charge on any atom is 0.261 e. The van der Waals surface area contributed by atoms with Crippen molar-refractivity contribution in [3.05, 3.63) is 53.1 Å². The Bertz CT molecular complexity index is 949. The molecule has 0 saturated heterocycles. The van der Waals surface area contributed by atoms with E-state index in [9.17, 15) is 9.59 Å². The molecule has 1 fully saturated rings. The number of benzene rings is 2. The van der Waals surface area contributed by atoms with Crippen LogP contribution in [0, 0.1) is 13.8 Å². The van der Waals surface area contributed by atoms with Gasteiger partial charge in [-0.05, 0) is 67.6 Å². The Morgan fingerprint density at radius 3 is 2.27 bits per heavy atom. The van der Waals surface area contributed by atoms with Gasteiger partial charge in [-0.15, -0.1) is 0 Å². The molecule has 3 rings (SSSR count). The van der Waals surface area contributed by atoms with Gasteiger partial charge < -0.3 is 24.8 Å². The fraction of sp³-hybridized carbons (Fsp3) is 0.462. The largest absolute Gasteiger partial charge is 0.493 e. The van der Waals surface area contributed by atoms with Crippen molar-refractivity contribution in [2.75, 3.05) is 20.3 Å².